The average molecular weight is 456 g/mol. The Balaban J connectivity index is 1.77. The zero-order valence-electron chi connectivity index (χ0n) is 16.2. The van der Waals surface area contributed by atoms with Crippen LogP contribution in [0.25, 0.3) is 0 Å². The van der Waals surface area contributed by atoms with E-state index in [1.807, 2.05) is 7.05 Å². The van der Waals surface area contributed by atoms with E-state index in [0.29, 0.717) is 36.2 Å². The van der Waals surface area contributed by atoms with Gasteiger partial charge in [-0.15, -0.1) is 0 Å². The summed E-state index contributed by atoms with van der Waals surface area (Å²) in [6.07, 6.45) is 0. The summed E-state index contributed by atoms with van der Waals surface area (Å²) in [7, 11) is -1.68. The predicted molar refractivity (Wildman–Crippen MR) is 115 cm³/mol. The Morgan fingerprint density at radius 1 is 1.07 bits per heavy atom. The second-order valence-electron chi connectivity index (χ2n) is 7.10. The van der Waals surface area contributed by atoms with Crippen molar-refractivity contribution < 1.29 is 13.2 Å². The molecule has 9 heteroatoms. The van der Waals surface area contributed by atoms with Crippen LogP contribution in [0, 0.1) is 0 Å². The third-order valence-electron chi connectivity index (χ3n) is 4.97. The van der Waals surface area contributed by atoms with Gasteiger partial charge in [0.25, 0.3) is 5.91 Å². The van der Waals surface area contributed by atoms with Crippen LogP contribution in [-0.2, 0) is 10.0 Å². The lowest BCUT2D eigenvalue weighted by Crippen LogP contribution is -2.47. The van der Waals surface area contributed by atoms with Crippen LogP contribution < -0.4 is 5.32 Å². The molecule has 156 valence electrons. The van der Waals surface area contributed by atoms with Crippen molar-refractivity contribution in [2.75, 3.05) is 33.2 Å². The molecule has 1 fully saturated rings. The number of hydrogen-bond donors (Lipinski definition) is 1. The van der Waals surface area contributed by atoms with E-state index in [2.05, 4.69) is 10.2 Å². The number of amides is 1. The molecule has 1 amide bonds. The maximum Gasteiger partial charge on any atom is 0.251 e. The number of piperazine rings is 1. The van der Waals surface area contributed by atoms with Crippen LogP contribution >= 0.6 is 23.2 Å². The van der Waals surface area contributed by atoms with E-state index in [4.69, 9.17) is 23.2 Å². The number of nitrogens with one attached hydrogen (secondary N) is 1. The Morgan fingerprint density at radius 2 is 1.76 bits per heavy atom. The highest BCUT2D eigenvalue weighted by molar-refractivity contribution is 7.89. The van der Waals surface area contributed by atoms with E-state index < -0.39 is 10.0 Å². The SMILES string of the molecule is C[C@@H](NC(=O)c1cccc(S(=O)(=O)N2CCN(C)CC2)c1)c1ccc(Cl)cc1Cl. The Bertz CT molecular complexity index is 1010. The maximum absolute atomic E-state index is 12.9. The molecule has 2 aromatic carbocycles. The monoisotopic (exact) mass is 455 g/mol. The third-order valence-corrected chi connectivity index (χ3v) is 7.43. The average Bonchev–Trinajstić information content (AvgIpc) is 2.68. The minimum atomic E-state index is -3.64. The fourth-order valence-corrected chi connectivity index (χ4v) is 5.23. The normalized spacial score (nSPS) is 17.1. The van der Waals surface area contributed by atoms with Crippen LogP contribution in [0.2, 0.25) is 10.0 Å². The first-order valence-corrected chi connectivity index (χ1v) is 11.4. The largest absolute Gasteiger partial charge is 0.345 e. The number of halogens is 2. The minimum Gasteiger partial charge on any atom is -0.345 e. The highest BCUT2D eigenvalue weighted by atomic mass is 35.5. The number of nitrogens with zero attached hydrogens (tertiary/aromatic N) is 2. The predicted octanol–water partition coefficient (Wildman–Crippen LogP) is 3.42. The molecule has 0 aliphatic carbocycles. The van der Waals surface area contributed by atoms with Gasteiger partial charge in [0.15, 0.2) is 0 Å². The van der Waals surface area contributed by atoms with E-state index in [1.165, 1.54) is 16.4 Å². The number of carbonyl (C=O) groups excluding carboxylic acids is 1. The van der Waals surface area contributed by atoms with Gasteiger partial charge < -0.3 is 10.2 Å². The van der Waals surface area contributed by atoms with Crippen molar-refractivity contribution in [3.8, 4) is 0 Å². The molecule has 1 N–H and O–H groups in total. The van der Waals surface area contributed by atoms with Gasteiger partial charge in [-0.25, -0.2) is 8.42 Å². The van der Waals surface area contributed by atoms with Gasteiger partial charge in [0.2, 0.25) is 10.0 Å². The Hall–Kier alpha value is -1.64. The molecule has 1 atom stereocenters. The van der Waals surface area contributed by atoms with Crippen LogP contribution in [0.15, 0.2) is 47.4 Å². The Kier molecular flexibility index (Phi) is 6.86. The zero-order chi connectivity index (χ0) is 21.2. The van der Waals surface area contributed by atoms with E-state index in [-0.39, 0.29) is 22.4 Å². The summed E-state index contributed by atoms with van der Waals surface area (Å²) in [5.74, 6) is -0.376. The summed E-state index contributed by atoms with van der Waals surface area (Å²) in [5, 5.41) is 3.82. The molecule has 2 aromatic rings. The van der Waals surface area contributed by atoms with Gasteiger partial charge in [0, 0.05) is 41.8 Å². The molecule has 0 spiro atoms. The van der Waals surface area contributed by atoms with Crippen molar-refractivity contribution >= 4 is 39.1 Å². The van der Waals surface area contributed by atoms with Crippen molar-refractivity contribution in [1.82, 2.24) is 14.5 Å². The lowest BCUT2D eigenvalue weighted by atomic mass is 10.1. The van der Waals surface area contributed by atoms with E-state index >= 15 is 0 Å². The topological polar surface area (TPSA) is 69.7 Å². The molecule has 1 aliphatic heterocycles. The number of benzene rings is 2. The van der Waals surface area contributed by atoms with Gasteiger partial charge >= 0.3 is 0 Å². The van der Waals surface area contributed by atoms with E-state index in [9.17, 15) is 13.2 Å². The quantitative estimate of drug-likeness (QED) is 0.749. The number of likely N-dealkylation sites (N-methyl/N-ethyl adjacent to an activating group) is 1. The van der Waals surface area contributed by atoms with Crippen LogP contribution in [0.3, 0.4) is 0 Å². The van der Waals surface area contributed by atoms with Crippen LogP contribution in [-0.4, -0.2) is 56.8 Å². The van der Waals surface area contributed by atoms with Crippen LogP contribution in [0.5, 0.6) is 0 Å². The van der Waals surface area contributed by atoms with Crippen LogP contribution in [0.4, 0.5) is 0 Å². The highest BCUT2D eigenvalue weighted by Gasteiger charge is 2.28. The number of rotatable bonds is 5. The lowest BCUT2D eigenvalue weighted by Gasteiger charge is -2.31. The molecule has 0 bridgehead atoms. The van der Waals surface area contributed by atoms with Gasteiger partial charge in [-0.2, -0.15) is 4.31 Å². The van der Waals surface area contributed by atoms with Gasteiger partial charge in [-0.3, -0.25) is 4.79 Å². The molecule has 29 heavy (non-hydrogen) atoms. The molecule has 3 rings (SSSR count). The van der Waals surface area contributed by atoms with Crippen molar-refractivity contribution in [2.24, 2.45) is 0 Å². The minimum absolute atomic E-state index is 0.117. The van der Waals surface area contributed by atoms with E-state index in [1.54, 1.807) is 37.3 Å². The fraction of sp³-hybridized carbons (Fsp3) is 0.350. The summed E-state index contributed by atoms with van der Waals surface area (Å²) < 4.78 is 27.3. The highest BCUT2D eigenvalue weighted by Crippen LogP contribution is 2.26. The molecule has 1 heterocycles. The summed E-state index contributed by atoms with van der Waals surface area (Å²) in [4.78, 5) is 14.9. The second-order valence-corrected chi connectivity index (χ2v) is 9.88. The first-order chi connectivity index (χ1) is 13.7. The van der Waals surface area contributed by atoms with Gasteiger partial charge in [0.1, 0.15) is 0 Å². The summed E-state index contributed by atoms with van der Waals surface area (Å²) >= 11 is 12.1. The molecule has 6 nitrogen and oxygen atoms in total. The fourth-order valence-electron chi connectivity index (χ4n) is 3.19. The Labute approximate surface area is 181 Å². The lowest BCUT2D eigenvalue weighted by molar-refractivity contribution is 0.0939. The summed E-state index contributed by atoms with van der Waals surface area (Å²) in [6.45, 7) is 4.03. The standard InChI is InChI=1S/C20H23Cl2N3O3S/c1-14(18-7-6-16(21)13-19(18)22)23-20(26)15-4-3-5-17(12-15)29(27,28)25-10-8-24(2)9-11-25/h3-7,12-14H,8-11H2,1-2H3,(H,23,26)/t14-/m1/s1. The summed E-state index contributed by atoms with van der Waals surface area (Å²) in [6, 6.07) is 10.8. The molecule has 0 saturated carbocycles. The van der Waals surface area contributed by atoms with Gasteiger partial charge in [-0.1, -0.05) is 35.3 Å². The number of sulfonamides is 1. The van der Waals surface area contributed by atoms with Gasteiger partial charge in [-0.05, 0) is 49.9 Å². The van der Waals surface area contributed by atoms with Gasteiger partial charge in [0.05, 0.1) is 10.9 Å². The number of carbonyl (C=O) groups is 1. The molecule has 0 unspecified atom stereocenters. The molecule has 1 aliphatic rings. The van der Waals surface area contributed by atoms with Crippen molar-refractivity contribution in [3.63, 3.8) is 0 Å². The van der Waals surface area contributed by atoms with Crippen LogP contribution in [0.1, 0.15) is 28.9 Å². The third kappa shape index (κ3) is 5.10. The zero-order valence-corrected chi connectivity index (χ0v) is 18.6. The number of hydrogen-bond acceptors (Lipinski definition) is 4. The molecular formula is C20H23Cl2N3O3S. The maximum atomic E-state index is 12.9. The first-order valence-electron chi connectivity index (χ1n) is 9.23. The molecular weight excluding hydrogens is 433 g/mol. The first kappa shape index (κ1) is 22.1. The smallest absolute Gasteiger partial charge is 0.251 e. The summed E-state index contributed by atoms with van der Waals surface area (Å²) in [5.41, 5.74) is 1.00. The molecule has 0 aromatic heterocycles. The van der Waals surface area contributed by atoms with Crippen molar-refractivity contribution in [1.29, 1.82) is 0 Å². The van der Waals surface area contributed by atoms with E-state index in [0.717, 1.165) is 5.56 Å². The van der Waals surface area contributed by atoms with Crippen molar-refractivity contribution in [2.45, 2.75) is 17.9 Å². The molecule has 1 saturated heterocycles. The molecule has 0 radical (unpaired) electrons. The van der Waals surface area contributed by atoms with Crippen molar-refractivity contribution in [3.05, 3.63) is 63.6 Å². The second kappa shape index (κ2) is 9.02. The Morgan fingerprint density at radius 3 is 2.41 bits per heavy atom.